The number of carbonyl (C=O) groups excluding carboxylic acids is 1. The number of amides is 1. The summed E-state index contributed by atoms with van der Waals surface area (Å²) in [6.45, 7) is 2.15. The van der Waals surface area contributed by atoms with E-state index in [0.29, 0.717) is 12.3 Å². The highest BCUT2D eigenvalue weighted by molar-refractivity contribution is 6.19. The molecule has 1 saturated heterocycles. The van der Waals surface area contributed by atoms with Gasteiger partial charge in [-0.25, -0.2) is 4.98 Å². The first-order chi connectivity index (χ1) is 8.29. The number of aromatic nitrogens is 1. The molecule has 5 heteroatoms. The topological polar surface area (TPSA) is 45.2 Å². The highest BCUT2D eigenvalue weighted by Gasteiger charge is 2.13. The Balaban J connectivity index is 1.95. The largest absolute Gasteiger partial charge is 0.357 e. The van der Waals surface area contributed by atoms with E-state index in [9.17, 15) is 4.79 Å². The Bertz CT molecular complexity index is 374. The number of rotatable bonds is 4. The van der Waals surface area contributed by atoms with E-state index in [1.165, 1.54) is 12.8 Å². The number of hydrogen-bond donors (Lipinski definition) is 1. The first kappa shape index (κ1) is 12.2. The third kappa shape index (κ3) is 3.33. The van der Waals surface area contributed by atoms with Gasteiger partial charge in [0.05, 0.1) is 11.9 Å². The summed E-state index contributed by atoms with van der Waals surface area (Å²) < 4.78 is 0. The molecule has 0 saturated carbocycles. The lowest BCUT2D eigenvalue weighted by Gasteiger charge is -2.16. The standard InChI is InChI=1S/C12H16ClN3O/c13-6-5-12(17)15-10-3-4-11(14-9-10)16-7-1-2-8-16/h3-4,9H,1-2,5-8H2,(H,15,17). The van der Waals surface area contributed by atoms with Crippen LogP contribution in [0, 0.1) is 0 Å². The van der Waals surface area contributed by atoms with E-state index in [1.807, 2.05) is 12.1 Å². The van der Waals surface area contributed by atoms with Crippen LogP contribution >= 0.6 is 11.6 Å². The second-order valence-corrected chi connectivity index (χ2v) is 4.46. The maximum Gasteiger partial charge on any atom is 0.225 e. The van der Waals surface area contributed by atoms with Crippen LogP contribution in [0.25, 0.3) is 0 Å². The van der Waals surface area contributed by atoms with Gasteiger partial charge in [-0.05, 0) is 25.0 Å². The minimum atomic E-state index is -0.0734. The lowest BCUT2D eigenvalue weighted by Crippen LogP contribution is -2.19. The molecule has 0 radical (unpaired) electrons. The summed E-state index contributed by atoms with van der Waals surface area (Å²) in [5.41, 5.74) is 0.725. The van der Waals surface area contributed by atoms with Crippen molar-refractivity contribution in [2.75, 3.05) is 29.2 Å². The summed E-state index contributed by atoms with van der Waals surface area (Å²) in [4.78, 5) is 17.9. The Morgan fingerprint density at radius 1 is 1.41 bits per heavy atom. The molecule has 0 bridgehead atoms. The second kappa shape index (κ2) is 5.87. The summed E-state index contributed by atoms with van der Waals surface area (Å²) in [6, 6.07) is 3.83. The molecule has 1 fully saturated rings. The van der Waals surface area contributed by atoms with E-state index in [1.54, 1.807) is 6.20 Å². The maximum absolute atomic E-state index is 11.3. The van der Waals surface area contributed by atoms with Crippen molar-refractivity contribution < 1.29 is 4.79 Å². The van der Waals surface area contributed by atoms with Crippen molar-refractivity contribution >= 4 is 29.0 Å². The summed E-state index contributed by atoms with van der Waals surface area (Å²) in [5, 5.41) is 2.76. The molecule has 2 heterocycles. The average Bonchev–Trinajstić information content (AvgIpc) is 2.84. The number of halogens is 1. The van der Waals surface area contributed by atoms with E-state index >= 15 is 0 Å². The van der Waals surface area contributed by atoms with Gasteiger partial charge >= 0.3 is 0 Å². The Labute approximate surface area is 106 Å². The van der Waals surface area contributed by atoms with Gasteiger partial charge in [-0.15, -0.1) is 11.6 Å². The quantitative estimate of drug-likeness (QED) is 0.838. The van der Waals surface area contributed by atoms with Gasteiger partial charge in [0.1, 0.15) is 5.82 Å². The first-order valence-electron chi connectivity index (χ1n) is 5.86. The van der Waals surface area contributed by atoms with Crippen molar-refractivity contribution in [3.63, 3.8) is 0 Å². The molecule has 4 nitrogen and oxygen atoms in total. The molecule has 1 aliphatic heterocycles. The molecule has 1 aromatic rings. The van der Waals surface area contributed by atoms with Gasteiger partial charge in [-0.1, -0.05) is 0 Å². The summed E-state index contributed by atoms with van der Waals surface area (Å²) in [6.07, 6.45) is 4.49. The van der Waals surface area contributed by atoms with E-state index in [4.69, 9.17) is 11.6 Å². The van der Waals surface area contributed by atoms with Crippen LogP contribution in [-0.4, -0.2) is 29.9 Å². The van der Waals surface area contributed by atoms with Gasteiger partial charge in [-0.2, -0.15) is 0 Å². The molecule has 1 aromatic heterocycles. The molecule has 1 aliphatic rings. The van der Waals surface area contributed by atoms with Crippen LogP contribution in [0.3, 0.4) is 0 Å². The Morgan fingerprint density at radius 3 is 2.76 bits per heavy atom. The van der Waals surface area contributed by atoms with Gasteiger partial charge in [0.2, 0.25) is 5.91 Å². The second-order valence-electron chi connectivity index (χ2n) is 4.09. The minimum absolute atomic E-state index is 0.0734. The van der Waals surface area contributed by atoms with Crippen LogP contribution in [0.1, 0.15) is 19.3 Å². The van der Waals surface area contributed by atoms with Crippen molar-refractivity contribution in [2.24, 2.45) is 0 Å². The molecular formula is C12H16ClN3O. The zero-order valence-corrected chi connectivity index (χ0v) is 10.4. The van der Waals surface area contributed by atoms with Crippen molar-refractivity contribution in [3.8, 4) is 0 Å². The smallest absolute Gasteiger partial charge is 0.225 e. The van der Waals surface area contributed by atoms with Gasteiger partial charge in [-0.3, -0.25) is 4.79 Å². The summed E-state index contributed by atoms with van der Waals surface area (Å²) in [7, 11) is 0. The van der Waals surface area contributed by atoms with Gasteiger partial charge < -0.3 is 10.2 Å². The highest BCUT2D eigenvalue weighted by Crippen LogP contribution is 2.19. The lowest BCUT2D eigenvalue weighted by atomic mass is 10.3. The molecule has 1 N–H and O–H groups in total. The fraction of sp³-hybridized carbons (Fsp3) is 0.500. The molecule has 1 amide bonds. The van der Waals surface area contributed by atoms with Crippen LogP contribution in [0.2, 0.25) is 0 Å². The normalized spacial score (nSPS) is 15.0. The number of alkyl halides is 1. The number of nitrogens with zero attached hydrogens (tertiary/aromatic N) is 2. The van der Waals surface area contributed by atoms with E-state index in [2.05, 4.69) is 15.2 Å². The molecular weight excluding hydrogens is 238 g/mol. The number of anilines is 2. The van der Waals surface area contributed by atoms with E-state index < -0.39 is 0 Å². The van der Waals surface area contributed by atoms with Crippen LogP contribution in [0.5, 0.6) is 0 Å². The monoisotopic (exact) mass is 253 g/mol. The lowest BCUT2D eigenvalue weighted by molar-refractivity contribution is -0.115. The van der Waals surface area contributed by atoms with Gasteiger partial charge in [0.25, 0.3) is 0 Å². The Kier molecular flexibility index (Phi) is 4.20. The zero-order valence-electron chi connectivity index (χ0n) is 9.66. The summed E-state index contributed by atoms with van der Waals surface area (Å²) >= 11 is 5.49. The van der Waals surface area contributed by atoms with E-state index in [0.717, 1.165) is 24.6 Å². The van der Waals surface area contributed by atoms with Crippen LogP contribution in [0.15, 0.2) is 18.3 Å². The van der Waals surface area contributed by atoms with E-state index in [-0.39, 0.29) is 5.91 Å². The Hall–Kier alpha value is -1.29. The molecule has 17 heavy (non-hydrogen) atoms. The van der Waals surface area contributed by atoms with Gasteiger partial charge in [0.15, 0.2) is 0 Å². The van der Waals surface area contributed by atoms with Gasteiger partial charge in [0, 0.05) is 25.4 Å². The number of hydrogen-bond acceptors (Lipinski definition) is 3. The molecule has 0 spiro atoms. The number of nitrogens with one attached hydrogen (secondary N) is 1. The van der Waals surface area contributed by atoms with Crippen LogP contribution < -0.4 is 10.2 Å². The third-order valence-corrected chi connectivity index (χ3v) is 2.97. The molecule has 2 rings (SSSR count). The molecule has 0 aliphatic carbocycles. The molecule has 0 unspecified atom stereocenters. The SMILES string of the molecule is O=C(CCCl)Nc1ccc(N2CCCC2)nc1. The average molecular weight is 254 g/mol. The predicted molar refractivity (Wildman–Crippen MR) is 69.7 cm³/mol. The van der Waals surface area contributed by atoms with Crippen molar-refractivity contribution in [3.05, 3.63) is 18.3 Å². The highest BCUT2D eigenvalue weighted by atomic mass is 35.5. The van der Waals surface area contributed by atoms with Crippen LogP contribution in [-0.2, 0) is 4.79 Å². The Morgan fingerprint density at radius 2 is 2.18 bits per heavy atom. The van der Waals surface area contributed by atoms with Crippen molar-refractivity contribution in [1.82, 2.24) is 4.98 Å². The molecule has 0 aromatic carbocycles. The molecule has 0 atom stereocenters. The first-order valence-corrected chi connectivity index (χ1v) is 6.40. The predicted octanol–water partition coefficient (Wildman–Crippen LogP) is 2.25. The minimum Gasteiger partial charge on any atom is -0.357 e. The maximum atomic E-state index is 11.3. The zero-order chi connectivity index (χ0) is 12.1. The number of pyridine rings is 1. The van der Waals surface area contributed by atoms with Crippen LogP contribution in [0.4, 0.5) is 11.5 Å². The number of carbonyl (C=O) groups is 1. The molecule has 92 valence electrons. The fourth-order valence-corrected chi connectivity index (χ4v) is 2.07. The van der Waals surface area contributed by atoms with Crippen molar-refractivity contribution in [1.29, 1.82) is 0 Å². The van der Waals surface area contributed by atoms with Crippen molar-refractivity contribution in [2.45, 2.75) is 19.3 Å². The third-order valence-electron chi connectivity index (χ3n) is 2.78. The summed E-state index contributed by atoms with van der Waals surface area (Å²) in [5.74, 6) is 1.25. The fourth-order valence-electron chi connectivity index (χ4n) is 1.90.